The zero-order valence-electron chi connectivity index (χ0n) is 18.2. The maximum absolute atomic E-state index is 12.7. The number of rotatable bonds is 9. The van der Waals surface area contributed by atoms with Crippen molar-refractivity contribution in [2.45, 2.75) is 11.5 Å². The molecule has 0 aliphatic rings. The zero-order valence-corrected chi connectivity index (χ0v) is 19.1. The number of para-hydroxylation sites is 2. The van der Waals surface area contributed by atoms with Crippen molar-refractivity contribution in [3.05, 3.63) is 83.9 Å². The highest BCUT2D eigenvalue weighted by Gasteiger charge is 2.17. The molecule has 0 unspecified atom stereocenters. The van der Waals surface area contributed by atoms with Crippen LogP contribution in [0.5, 0.6) is 11.5 Å². The molecule has 0 fully saturated rings. The number of benzene rings is 3. The second-order valence-electron chi connectivity index (χ2n) is 6.90. The Morgan fingerprint density at radius 3 is 2.29 bits per heavy atom. The first-order valence-electron chi connectivity index (χ1n) is 9.96. The highest BCUT2D eigenvalue weighted by Crippen LogP contribution is 2.26. The number of nitrogens with zero attached hydrogens (tertiary/aromatic N) is 1. The van der Waals surface area contributed by atoms with Gasteiger partial charge in [0.1, 0.15) is 23.1 Å². The average Bonchev–Trinajstić information content (AvgIpc) is 2.83. The highest BCUT2D eigenvalue weighted by molar-refractivity contribution is 7.92. The first-order valence-corrected chi connectivity index (χ1v) is 11.4. The summed E-state index contributed by atoms with van der Waals surface area (Å²) in [5.41, 5.74) is 0.697. The Kier molecular flexibility index (Phi) is 8.01. The molecule has 0 saturated carbocycles. The third-order valence-corrected chi connectivity index (χ3v) is 5.94. The number of sulfonamides is 1. The average molecular weight is 499 g/mol. The molecule has 3 aromatic carbocycles. The summed E-state index contributed by atoms with van der Waals surface area (Å²) in [4.78, 5) is 12.4. The summed E-state index contributed by atoms with van der Waals surface area (Å²) in [6.45, 7) is -2.96. The molecule has 35 heavy (non-hydrogen) atoms. The second kappa shape index (κ2) is 11.1. The van der Waals surface area contributed by atoms with Gasteiger partial charge in [0.25, 0.3) is 15.9 Å². The van der Waals surface area contributed by atoms with E-state index in [4.69, 9.17) is 4.74 Å². The van der Waals surface area contributed by atoms with Crippen LogP contribution in [0.25, 0.3) is 6.08 Å². The fraction of sp³-hybridized carbons (Fsp3) is 0.0833. The Bertz CT molecular complexity index is 1370. The molecule has 1 amide bonds. The minimum atomic E-state index is -3.93. The lowest BCUT2D eigenvalue weighted by atomic mass is 10.1. The van der Waals surface area contributed by atoms with Crippen LogP contribution in [0.4, 0.5) is 20.2 Å². The van der Waals surface area contributed by atoms with Crippen molar-refractivity contribution >= 4 is 33.4 Å². The summed E-state index contributed by atoms with van der Waals surface area (Å²) >= 11 is 0. The van der Waals surface area contributed by atoms with Gasteiger partial charge in [0.2, 0.25) is 0 Å². The summed E-state index contributed by atoms with van der Waals surface area (Å²) in [7, 11) is -2.51. The number of hydrogen-bond acceptors (Lipinski definition) is 6. The molecule has 3 rings (SSSR count). The molecular weight excluding hydrogens is 480 g/mol. The molecule has 0 heterocycles. The first kappa shape index (κ1) is 25.2. The van der Waals surface area contributed by atoms with Crippen molar-refractivity contribution < 1.29 is 31.5 Å². The molecule has 0 aromatic heterocycles. The molecule has 3 aromatic rings. The minimum absolute atomic E-state index is 0.0523. The van der Waals surface area contributed by atoms with E-state index in [1.54, 1.807) is 30.3 Å². The maximum Gasteiger partial charge on any atom is 0.387 e. The van der Waals surface area contributed by atoms with Gasteiger partial charge >= 0.3 is 6.61 Å². The van der Waals surface area contributed by atoms with Crippen molar-refractivity contribution in [2.75, 3.05) is 17.1 Å². The van der Waals surface area contributed by atoms with Crippen LogP contribution in [0.3, 0.4) is 0 Å². The molecule has 2 N–H and O–H groups in total. The summed E-state index contributed by atoms with van der Waals surface area (Å²) in [6, 6.07) is 19.0. The van der Waals surface area contributed by atoms with Gasteiger partial charge in [-0.3, -0.25) is 9.52 Å². The van der Waals surface area contributed by atoms with E-state index < -0.39 is 22.5 Å². The monoisotopic (exact) mass is 499 g/mol. The standard InChI is InChI=1S/C24H19F2N3O5S/c1-33-22-5-3-2-4-21(22)29-35(31,32)20-12-8-18(9-13-20)28-23(30)17(15-27)14-16-6-10-19(11-7-16)34-24(25)26/h2-14,24,29H,1H3,(H,28,30). The van der Waals surface area contributed by atoms with Crippen molar-refractivity contribution in [3.8, 4) is 17.6 Å². The topological polar surface area (TPSA) is 118 Å². The number of methoxy groups -OCH3 is 1. The predicted octanol–water partition coefficient (Wildman–Crippen LogP) is 4.64. The van der Waals surface area contributed by atoms with E-state index >= 15 is 0 Å². The van der Waals surface area contributed by atoms with Crippen LogP contribution in [0.2, 0.25) is 0 Å². The Hall–Kier alpha value is -4.43. The van der Waals surface area contributed by atoms with E-state index in [0.717, 1.165) is 0 Å². The van der Waals surface area contributed by atoms with Crippen molar-refractivity contribution in [2.24, 2.45) is 0 Å². The number of nitriles is 1. The van der Waals surface area contributed by atoms with Gasteiger partial charge in [0.15, 0.2) is 0 Å². The molecule has 0 saturated heterocycles. The summed E-state index contributed by atoms with van der Waals surface area (Å²) in [5.74, 6) is -0.439. The number of anilines is 2. The normalized spacial score (nSPS) is 11.5. The van der Waals surface area contributed by atoms with Gasteiger partial charge in [-0.25, -0.2) is 8.42 Å². The molecular formula is C24H19F2N3O5S. The predicted molar refractivity (Wildman–Crippen MR) is 126 cm³/mol. The van der Waals surface area contributed by atoms with Gasteiger partial charge in [-0.2, -0.15) is 14.0 Å². The summed E-state index contributed by atoms with van der Waals surface area (Å²) in [5, 5.41) is 11.9. The van der Waals surface area contributed by atoms with Gasteiger partial charge in [-0.1, -0.05) is 24.3 Å². The Morgan fingerprint density at radius 1 is 1.03 bits per heavy atom. The summed E-state index contributed by atoms with van der Waals surface area (Å²) < 4.78 is 61.7. The van der Waals surface area contributed by atoms with Gasteiger partial charge in [0, 0.05) is 5.69 Å². The molecule has 0 atom stereocenters. The lowest BCUT2D eigenvalue weighted by Crippen LogP contribution is -2.15. The number of ether oxygens (including phenoxy) is 2. The largest absolute Gasteiger partial charge is 0.495 e. The number of hydrogen-bond donors (Lipinski definition) is 2. The zero-order chi connectivity index (χ0) is 25.4. The van der Waals surface area contributed by atoms with Crippen molar-refractivity contribution in [1.29, 1.82) is 5.26 Å². The quantitative estimate of drug-likeness (QED) is 0.327. The van der Waals surface area contributed by atoms with E-state index in [1.807, 2.05) is 0 Å². The van der Waals surface area contributed by atoms with Crippen LogP contribution in [-0.4, -0.2) is 28.0 Å². The van der Waals surface area contributed by atoms with Gasteiger partial charge in [-0.05, 0) is 60.2 Å². The number of carbonyl (C=O) groups excluding carboxylic acids is 1. The van der Waals surface area contributed by atoms with Crippen molar-refractivity contribution in [3.63, 3.8) is 0 Å². The highest BCUT2D eigenvalue weighted by atomic mass is 32.2. The third kappa shape index (κ3) is 6.78. The third-order valence-electron chi connectivity index (χ3n) is 4.56. The van der Waals surface area contributed by atoms with Crippen LogP contribution in [0.15, 0.2) is 83.3 Å². The van der Waals surface area contributed by atoms with Crippen LogP contribution >= 0.6 is 0 Å². The fourth-order valence-electron chi connectivity index (χ4n) is 2.91. The minimum Gasteiger partial charge on any atom is -0.495 e. The number of nitrogens with one attached hydrogen (secondary N) is 2. The van der Waals surface area contributed by atoms with E-state index in [2.05, 4.69) is 14.8 Å². The van der Waals surface area contributed by atoms with Crippen LogP contribution in [0.1, 0.15) is 5.56 Å². The van der Waals surface area contributed by atoms with E-state index in [-0.39, 0.29) is 27.6 Å². The fourth-order valence-corrected chi connectivity index (χ4v) is 3.98. The van der Waals surface area contributed by atoms with E-state index in [9.17, 15) is 27.3 Å². The molecule has 0 bridgehead atoms. The van der Waals surface area contributed by atoms with Crippen LogP contribution in [-0.2, 0) is 14.8 Å². The number of amides is 1. The molecule has 8 nitrogen and oxygen atoms in total. The second-order valence-corrected chi connectivity index (χ2v) is 8.58. The van der Waals surface area contributed by atoms with Crippen molar-refractivity contribution in [1.82, 2.24) is 0 Å². The molecule has 0 aliphatic heterocycles. The number of carbonyl (C=O) groups is 1. The molecule has 0 spiro atoms. The number of halogens is 2. The van der Waals surface area contributed by atoms with Crippen LogP contribution < -0.4 is 19.5 Å². The summed E-state index contributed by atoms with van der Waals surface area (Å²) in [6.07, 6.45) is 1.28. The van der Waals surface area contributed by atoms with Gasteiger partial charge in [-0.15, -0.1) is 0 Å². The van der Waals surface area contributed by atoms with E-state index in [1.165, 1.54) is 61.7 Å². The maximum atomic E-state index is 12.7. The molecule has 11 heteroatoms. The Labute approximate surface area is 200 Å². The van der Waals surface area contributed by atoms with E-state index in [0.29, 0.717) is 11.3 Å². The lowest BCUT2D eigenvalue weighted by Gasteiger charge is -2.12. The Morgan fingerprint density at radius 2 is 1.69 bits per heavy atom. The first-order chi connectivity index (χ1) is 16.7. The Balaban J connectivity index is 1.70. The molecule has 0 aliphatic carbocycles. The van der Waals surface area contributed by atoms with Crippen LogP contribution in [0, 0.1) is 11.3 Å². The smallest absolute Gasteiger partial charge is 0.387 e. The molecule has 180 valence electrons. The SMILES string of the molecule is COc1ccccc1NS(=O)(=O)c1ccc(NC(=O)C(C#N)=Cc2ccc(OC(F)F)cc2)cc1. The number of alkyl halides is 2. The lowest BCUT2D eigenvalue weighted by molar-refractivity contribution is -0.112. The van der Waals surface area contributed by atoms with Gasteiger partial charge in [0.05, 0.1) is 17.7 Å². The molecule has 0 radical (unpaired) electrons. The van der Waals surface area contributed by atoms with Gasteiger partial charge < -0.3 is 14.8 Å².